The van der Waals surface area contributed by atoms with E-state index in [1.165, 1.54) is 33.4 Å². The van der Waals surface area contributed by atoms with E-state index in [1.807, 2.05) is 0 Å². The van der Waals surface area contributed by atoms with Gasteiger partial charge >= 0.3 is 0 Å². The Kier molecular flexibility index (Phi) is 4.11. The van der Waals surface area contributed by atoms with Gasteiger partial charge in [-0.05, 0) is 55.0 Å². The fraction of sp³-hybridized carbons (Fsp3) is 0.286. The van der Waals surface area contributed by atoms with Crippen LogP contribution >= 0.6 is 0 Å². The maximum absolute atomic E-state index is 5.63. The van der Waals surface area contributed by atoms with Crippen LogP contribution in [0.5, 0.6) is 0 Å². The predicted molar refractivity (Wildman–Crippen MR) is 91.2 cm³/mol. The van der Waals surface area contributed by atoms with Crippen LogP contribution in [0.2, 0.25) is 0 Å². The number of aromatic nitrogens is 1. The molecule has 0 saturated heterocycles. The van der Waals surface area contributed by atoms with Gasteiger partial charge in [0.25, 0.3) is 0 Å². The van der Waals surface area contributed by atoms with Crippen molar-refractivity contribution in [1.82, 2.24) is 0 Å². The molecule has 1 aromatic heterocycles. The summed E-state index contributed by atoms with van der Waals surface area (Å²) >= 11 is 0. The Hall–Kier alpha value is -2.33. The quantitative estimate of drug-likeness (QED) is 0.593. The third-order valence-corrected chi connectivity index (χ3v) is 4.31. The molecule has 2 aromatic rings. The summed E-state index contributed by atoms with van der Waals surface area (Å²) in [7, 11) is 0. The average Bonchev–Trinajstić information content (AvgIpc) is 2.49. The lowest BCUT2D eigenvalue weighted by atomic mass is 9.84. The highest BCUT2D eigenvalue weighted by Crippen LogP contribution is 2.33. The van der Waals surface area contributed by atoms with Crippen molar-refractivity contribution in [2.75, 3.05) is 0 Å². The number of nitrogens with zero attached hydrogens (tertiary/aromatic N) is 1. The smallest absolute Gasteiger partial charge is 0.172 e. The second-order valence-electron chi connectivity index (χ2n) is 6.18. The van der Waals surface area contributed by atoms with Crippen LogP contribution in [-0.4, -0.2) is 0 Å². The maximum atomic E-state index is 5.63. The van der Waals surface area contributed by atoms with E-state index in [2.05, 4.69) is 67.1 Å². The van der Waals surface area contributed by atoms with Gasteiger partial charge in [-0.1, -0.05) is 24.3 Å². The lowest BCUT2D eigenvalue weighted by Gasteiger charge is -2.21. The molecule has 22 heavy (non-hydrogen) atoms. The molecule has 110 valence electrons. The molecule has 1 aliphatic carbocycles. The van der Waals surface area contributed by atoms with E-state index in [-0.39, 0.29) is 0 Å². The Balaban J connectivity index is 2.02. The average molecular weight is 288 g/mol. The highest BCUT2D eigenvalue weighted by Gasteiger charge is 2.20. The van der Waals surface area contributed by atoms with Crippen LogP contribution in [0.3, 0.4) is 0 Å². The zero-order valence-corrected chi connectivity index (χ0v) is 13.4. The van der Waals surface area contributed by atoms with Gasteiger partial charge in [-0.2, -0.15) is 0 Å². The molecule has 0 aliphatic heterocycles. The molecule has 1 nitrogen and oxygen atoms in total. The van der Waals surface area contributed by atoms with E-state index in [0.29, 0.717) is 0 Å². The highest BCUT2D eigenvalue weighted by atomic mass is 14.9. The molecule has 0 bridgehead atoms. The van der Waals surface area contributed by atoms with Crippen molar-refractivity contribution in [2.24, 2.45) is 0 Å². The fourth-order valence-corrected chi connectivity index (χ4v) is 3.46. The first-order chi connectivity index (χ1) is 10.7. The maximum Gasteiger partial charge on any atom is 0.172 e. The van der Waals surface area contributed by atoms with Gasteiger partial charge < -0.3 is 0 Å². The van der Waals surface area contributed by atoms with Crippen molar-refractivity contribution in [2.45, 2.75) is 39.7 Å². The number of pyridine rings is 1. The molecule has 0 unspecified atom stereocenters. The normalized spacial score (nSPS) is 13.7. The van der Waals surface area contributed by atoms with E-state index < -0.39 is 0 Å². The van der Waals surface area contributed by atoms with Crippen LogP contribution in [0.4, 0.5) is 0 Å². The molecule has 0 fully saturated rings. The lowest BCUT2D eigenvalue weighted by molar-refractivity contribution is -0.689. The number of hydrogen-bond donors (Lipinski definition) is 0. The van der Waals surface area contributed by atoms with Gasteiger partial charge in [0.1, 0.15) is 0 Å². The van der Waals surface area contributed by atoms with Crippen molar-refractivity contribution in [1.29, 1.82) is 0 Å². The standard InChI is InChI=1S/C21H22N/c1-4-7-20-19(11-10-18-8-5-6-9-21(18)20)15-22-13-16(2)12-17(3)14-22/h1,5-6,8-9,12-14H,7,10-11,15H2,2-3H3/q+1. The monoisotopic (exact) mass is 288 g/mol. The number of aryl methyl sites for hydroxylation is 3. The molecule has 3 rings (SSSR count). The number of fused-ring (bicyclic) bond motifs is 1. The second-order valence-corrected chi connectivity index (χ2v) is 6.18. The SMILES string of the molecule is C#CCC1=C(C[n+]2cc(C)cc(C)c2)CCc2ccccc21. The lowest BCUT2D eigenvalue weighted by Crippen LogP contribution is -2.35. The molecule has 1 heterocycles. The van der Waals surface area contributed by atoms with Crippen molar-refractivity contribution < 1.29 is 4.57 Å². The van der Waals surface area contributed by atoms with Crippen LogP contribution in [0, 0.1) is 26.2 Å². The van der Waals surface area contributed by atoms with Gasteiger partial charge in [-0.25, -0.2) is 4.57 Å². The zero-order valence-electron chi connectivity index (χ0n) is 13.4. The number of hydrogen-bond acceptors (Lipinski definition) is 0. The van der Waals surface area contributed by atoms with Crippen molar-refractivity contribution in [3.8, 4) is 12.3 Å². The van der Waals surface area contributed by atoms with Crippen molar-refractivity contribution in [3.05, 3.63) is 70.6 Å². The molecule has 0 amide bonds. The largest absolute Gasteiger partial charge is 0.201 e. The minimum Gasteiger partial charge on any atom is -0.201 e. The molecule has 0 radical (unpaired) electrons. The summed E-state index contributed by atoms with van der Waals surface area (Å²) in [5.74, 6) is 2.85. The Morgan fingerprint density at radius 2 is 1.82 bits per heavy atom. The number of benzene rings is 1. The third-order valence-electron chi connectivity index (χ3n) is 4.31. The van der Waals surface area contributed by atoms with E-state index in [1.54, 1.807) is 0 Å². The highest BCUT2D eigenvalue weighted by molar-refractivity contribution is 5.74. The zero-order chi connectivity index (χ0) is 15.5. The van der Waals surface area contributed by atoms with Gasteiger partial charge in [-0.3, -0.25) is 0 Å². The summed E-state index contributed by atoms with van der Waals surface area (Å²) in [6, 6.07) is 10.9. The first-order valence-electron chi connectivity index (χ1n) is 7.87. The summed E-state index contributed by atoms with van der Waals surface area (Å²) in [5, 5.41) is 0. The second kappa shape index (κ2) is 6.20. The molecule has 0 saturated carbocycles. The molecule has 0 spiro atoms. The van der Waals surface area contributed by atoms with Crippen LogP contribution in [-0.2, 0) is 13.0 Å². The predicted octanol–water partition coefficient (Wildman–Crippen LogP) is 4.01. The van der Waals surface area contributed by atoms with Crippen LogP contribution in [0.25, 0.3) is 5.57 Å². The van der Waals surface area contributed by atoms with Crippen LogP contribution < -0.4 is 4.57 Å². The van der Waals surface area contributed by atoms with Crippen molar-refractivity contribution >= 4 is 5.57 Å². The van der Waals surface area contributed by atoms with Gasteiger partial charge in [-0.15, -0.1) is 12.3 Å². The summed E-state index contributed by atoms with van der Waals surface area (Å²) < 4.78 is 2.30. The number of terminal acetylenes is 1. The fourth-order valence-electron chi connectivity index (χ4n) is 3.46. The Morgan fingerprint density at radius 1 is 1.09 bits per heavy atom. The number of rotatable bonds is 3. The van der Waals surface area contributed by atoms with E-state index >= 15 is 0 Å². The summed E-state index contributed by atoms with van der Waals surface area (Å²) in [6.45, 7) is 5.24. The molecule has 1 heteroatoms. The molecule has 1 aromatic carbocycles. The van der Waals surface area contributed by atoms with E-state index in [0.717, 1.165) is 25.8 Å². The van der Waals surface area contributed by atoms with Gasteiger partial charge in [0.2, 0.25) is 0 Å². The Labute approximate surface area is 133 Å². The summed E-state index contributed by atoms with van der Waals surface area (Å²) in [6.07, 6.45) is 13.0. The van der Waals surface area contributed by atoms with Crippen molar-refractivity contribution in [3.63, 3.8) is 0 Å². The first-order valence-corrected chi connectivity index (χ1v) is 7.87. The third kappa shape index (κ3) is 2.97. The number of allylic oxidation sites excluding steroid dienone is 2. The molecular weight excluding hydrogens is 266 g/mol. The minimum atomic E-state index is 0.720. The molecule has 1 aliphatic rings. The molecular formula is C21H22N+. The topological polar surface area (TPSA) is 3.88 Å². The Morgan fingerprint density at radius 3 is 2.55 bits per heavy atom. The first kappa shape index (κ1) is 14.6. The molecule has 0 N–H and O–H groups in total. The summed E-state index contributed by atoms with van der Waals surface area (Å²) in [4.78, 5) is 0. The molecule has 0 atom stereocenters. The van der Waals surface area contributed by atoms with E-state index in [9.17, 15) is 0 Å². The van der Waals surface area contributed by atoms with Gasteiger partial charge in [0, 0.05) is 17.5 Å². The van der Waals surface area contributed by atoms with Gasteiger partial charge in [0.05, 0.1) is 0 Å². The Bertz CT molecular complexity index is 754. The van der Waals surface area contributed by atoms with Gasteiger partial charge in [0.15, 0.2) is 18.9 Å². The van der Waals surface area contributed by atoms with E-state index in [4.69, 9.17) is 6.42 Å². The minimum absolute atomic E-state index is 0.720. The summed E-state index contributed by atoms with van der Waals surface area (Å²) in [5.41, 5.74) is 8.22. The van der Waals surface area contributed by atoms with Crippen LogP contribution in [0.1, 0.15) is 35.1 Å². The van der Waals surface area contributed by atoms with Crippen LogP contribution in [0.15, 0.2) is 48.3 Å².